The number of aryl methyl sites for hydroxylation is 1. The minimum absolute atomic E-state index is 0.0732. The van der Waals surface area contributed by atoms with Gasteiger partial charge in [-0.3, -0.25) is 14.6 Å². The van der Waals surface area contributed by atoms with E-state index >= 15 is 0 Å². The average Bonchev–Trinajstić information content (AvgIpc) is 2.96. The van der Waals surface area contributed by atoms with E-state index in [9.17, 15) is 9.59 Å². The van der Waals surface area contributed by atoms with Gasteiger partial charge < -0.3 is 10.1 Å². The number of hydrogen-bond acceptors (Lipinski definition) is 6. The Morgan fingerprint density at radius 1 is 1.03 bits per heavy atom. The number of hydrogen-bond donors (Lipinski definition) is 1. The summed E-state index contributed by atoms with van der Waals surface area (Å²) in [7, 11) is 0. The smallest absolute Gasteiger partial charge is 0.306 e. The van der Waals surface area contributed by atoms with Gasteiger partial charge >= 0.3 is 5.97 Å². The zero-order valence-corrected chi connectivity index (χ0v) is 24.1. The number of thioether (sulfide) groups is 1. The maximum atomic E-state index is 12.9. The lowest BCUT2D eigenvalue weighted by Crippen LogP contribution is -2.27. The Kier molecular flexibility index (Phi) is 11.8. The molecule has 7 heteroatoms. The zero-order chi connectivity index (χ0) is 27.3. The molecule has 0 spiro atoms. The fraction of sp³-hybridized carbons (Fsp3) is 0.531. The van der Waals surface area contributed by atoms with E-state index < -0.39 is 0 Å². The summed E-state index contributed by atoms with van der Waals surface area (Å²) in [5, 5.41) is 9.68. The van der Waals surface area contributed by atoms with Crippen molar-refractivity contribution >= 4 is 35.5 Å². The minimum atomic E-state index is -0.106. The molecule has 1 amide bonds. The molecule has 2 aromatic carbocycles. The second-order valence-electron chi connectivity index (χ2n) is 10.7. The lowest BCUT2D eigenvalue weighted by molar-refractivity contribution is -0.145. The summed E-state index contributed by atoms with van der Waals surface area (Å²) in [4.78, 5) is 25.2. The molecule has 2 aliphatic rings. The van der Waals surface area contributed by atoms with Gasteiger partial charge in [0.15, 0.2) is 0 Å². The first-order valence-electron chi connectivity index (χ1n) is 14.7. The van der Waals surface area contributed by atoms with E-state index in [2.05, 4.69) is 28.4 Å². The predicted octanol–water partition coefficient (Wildman–Crippen LogP) is 6.72. The molecule has 1 N–H and O–H groups in total. The molecule has 0 saturated carbocycles. The van der Waals surface area contributed by atoms with Crippen LogP contribution < -0.4 is 5.32 Å². The van der Waals surface area contributed by atoms with Crippen molar-refractivity contribution in [3.63, 3.8) is 0 Å². The van der Waals surface area contributed by atoms with Crippen molar-refractivity contribution < 1.29 is 14.3 Å². The number of amides is 1. The molecule has 2 aromatic rings. The Balaban J connectivity index is 1.20. The molecule has 1 heterocycles. The van der Waals surface area contributed by atoms with Gasteiger partial charge in [-0.15, -0.1) is 0 Å². The fourth-order valence-corrected chi connectivity index (χ4v) is 6.07. The summed E-state index contributed by atoms with van der Waals surface area (Å²) in [6, 6.07) is 13.7. The standard InChI is InChI=1S/C32H43N3O3S/c1-2-3-4-5-6-7-18-38-31(36)22-26-8-11-28-23-29(13-12-27(28)21-26)32(37)34-30-14-9-25(10-15-30)24-33-35-16-19-39-20-17-35/h9-10,12-15,23-24,26H,2-8,11,16-22H2,1H3,(H,34,37)/b33-24+. The monoisotopic (exact) mass is 549 g/mol. The van der Waals surface area contributed by atoms with Crippen molar-refractivity contribution in [2.24, 2.45) is 11.0 Å². The van der Waals surface area contributed by atoms with Gasteiger partial charge in [0, 0.05) is 42.3 Å². The van der Waals surface area contributed by atoms with Gasteiger partial charge in [-0.1, -0.05) is 57.2 Å². The number of benzene rings is 2. The summed E-state index contributed by atoms with van der Waals surface area (Å²) in [5.41, 5.74) is 4.90. The Hall–Kier alpha value is -2.80. The first-order valence-corrected chi connectivity index (χ1v) is 15.8. The highest BCUT2D eigenvalue weighted by Gasteiger charge is 2.23. The molecule has 1 unspecified atom stereocenters. The normalized spacial score (nSPS) is 17.2. The van der Waals surface area contributed by atoms with Crippen LogP contribution in [0.4, 0.5) is 5.69 Å². The van der Waals surface area contributed by atoms with Gasteiger partial charge in [-0.2, -0.15) is 16.9 Å². The highest BCUT2D eigenvalue weighted by atomic mass is 32.2. The molecule has 4 rings (SSSR count). The number of nitrogens with one attached hydrogen (secondary N) is 1. The van der Waals surface area contributed by atoms with E-state index in [1.54, 1.807) is 0 Å². The van der Waals surface area contributed by atoms with E-state index in [0.29, 0.717) is 24.5 Å². The molecule has 6 nitrogen and oxygen atoms in total. The van der Waals surface area contributed by atoms with Crippen molar-refractivity contribution in [3.05, 3.63) is 64.7 Å². The predicted molar refractivity (Wildman–Crippen MR) is 162 cm³/mol. The van der Waals surface area contributed by atoms with Gasteiger partial charge in [0.1, 0.15) is 0 Å². The largest absolute Gasteiger partial charge is 0.466 e. The van der Waals surface area contributed by atoms with Crippen LogP contribution in [0.1, 0.15) is 85.3 Å². The lowest BCUT2D eigenvalue weighted by Gasteiger charge is -2.24. The van der Waals surface area contributed by atoms with Gasteiger partial charge in [0.25, 0.3) is 5.91 Å². The van der Waals surface area contributed by atoms with Crippen molar-refractivity contribution in [2.45, 2.75) is 71.1 Å². The summed E-state index contributed by atoms with van der Waals surface area (Å²) in [6.07, 6.45) is 12.2. The first kappa shape index (κ1) is 29.2. The topological polar surface area (TPSA) is 71.0 Å². The zero-order valence-electron chi connectivity index (χ0n) is 23.3. The van der Waals surface area contributed by atoms with Crippen LogP contribution in [0, 0.1) is 5.92 Å². The van der Waals surface area contributed by atoms with E-state index in [-0.39, 0.29) is 11.9 Å². The number of hydrazone groups is 1. The summed E-state index contributed by atoms with van der Waals surface area (Å²) in [6.45, 7) is 4.74. The summed E-state index contributed by atoms with van der Waals surface area (Å²) < 4.78 is 5.49. The van der Waals surface area contributed by atoms with Crippen LogP contribution in [0.25, 0.3) is 0 Å². The van der Waals surface area contributed by atoms with Crippen molar-refractivity contribution in [3.8, 4) is 0 Å². The maximum absolute atomic E-state index is 12.9. The molecular formula is C32H43N3O3S. The molecule has 0 bridgehead atoms. The second kappa shape index (κ2) is 15.7. The number of carbonyl (C=O) groups is 2. The molecule has 39 heavy (non-hydrogen) atoms. The Labute approximate surface area is 238 Å². The average molecular weight is 550 g/mol. The molecular weight excluding hydrogens is 506 g/mol. The summed E-state index contributed by atoms with van der Waals surface area (Å²) >= 11 is 1.97. The Morgan fingerprint density at radius 3 is 2.59 bits per heavy atom. The van der Waals surface area contributed by atoms with Crippen LogP contribution in [0.5, 0.6) is 0 Å². The van der Waals surface area contributed by atoms with Crippen LogP contribution in [0.15, 0.2) is 47.6 Å². The third-order valence-electron chi connectivity index (χ3n) is 7.54. The number of carbonyl (C=O) groups excluding carboxylic acids is 2. The van der Waals surface area contributed by atoms with E-state index in [1.807, 2.05) is 54.4 Å². The molecule has 0 aromatic heterocycles. The second-order valence-corrected chi connectivity index (χ2v) is 11.9. The maximum Gasteiger partial charge on any atom is 0.306 e. The Bertz CT molecular complexity index is 1100. The number of nitrogens with zero attached hydrogens (tertiary/aromatic N) is 2. The number of rotatable bonds is 13. The van der Waals surface area contributed by atoms with Crippen LogP contribution >= 0.6 is 11.8 Å². The van der Waals surface area contributed by atoms with Gasteiger partial charge in [0.05, 0.1) is 12.8 Å². The highest BCUT2D eigenvalue weighted by molar-refractivity contribution is 7.99. The summed E-state index contributed by atoms with van der Waals surface area (Å²) in [5.74, 6) is 2.38. The molecule has 1 aliphatic heterocycles. The Morgan fingerprint density at radius 2 is 1.79 bits per heavy atom. The SMILES string of the molecule is CCCCCCCCOC(=O)CC1CCc2cc(C(=O)Nc3ccc(/C=N/N4CCSCC4)cc3)ccc2C1. The molecule has 1 saturated heterocycles. The fourth-order valence-electron chi connectivity index (χ4n) is 5.18. The first-order chi connectivity index (χ1) is 19.1. The van der Waals surface area contributed by atoms with Crippen LogP contribution in [0.3, 0.4) is 0 Å². The number of unbranched alkanes of at least 4 members (excludes halogenated alkanes) is 5. The van der Waals surface area contributed by atoms with Gasteiger partial charge in [0.2, 0.25) is 0 Å². The third kappa shape index (κ3) is 9.71. The molecule has 1 fully saturated rings. The molecule has 1 aliphatic carbocycles. The third-order valence-corrected chi connectivity index (χ3v) is 8.48. The number of fused-ring (bicyclic) bond motifs is 1. The minimum Gasteiger partial charge on any atom is -0.466 e. The number of ether oxygens (including phenoxy) is 1. The molecule has 1 atom stereocenters. The van der Waals surface area contributed by atoms with Crippen molar-refractivity contribution in [1.29, 1.82) is 0 Å². The van der Waals surface area contributed by atoms with Crippen molar-refractivity contribution in [2.75, 3.05) is 36.5 Å². The van der Waals surface area contributed by atoms with Crippen LogP contribution in [-0.4, -0.2) is 54.3 Å². The molecule has 210 valence electrons. The van der Waals surface area contributed by atoms with Crippen LogP contribution in [0.2, 0.25) is 0 Å². The lowest BCUT2D eigenvalue weighted by atomic mass is 9.81. The quantitative estimate of drug-likeness (QED) is 0.171. The van der Waals surface area contributed by atoms with E-state index in [4.69, 9.17) is 4.74 Å². The number of anilines is 1. The highest BCUT2D eigenvalue weighted by Crippen LogP contribution is 2.29. The van der Waals surface area contributed by atoms with E-state index in [1.165, 1.54) is 36.8 Å². The van der Waals surface area contributed by atoms with Crippen molar-refractivity contribution in [1.82, 2.24) is 5.01 Å². The van der Waals surface area contributed by atoms with Crippen LogP contribution in [-0.2, 0) is 22.4 Å². The van der Waals surface area contributed by atoms with Gasteiger partial charge in [-0.05, 0) is 72.6 Å². The molecule has 0 radical (unpaired) electrons. The van der Waals surface area contributed by atoms with E-state index in [0.717, 1.165) is 68.0 Å². The number of esters is 1. The van der Waals surface area contributed by atoms with Gasteiger partial charge in [-0.25, -0.2) is 0 Å².